The van der Waals surface area contributed by atoms with E-state index in [1.807, 2.05) is 62.4 Å². The van der Waals surface area contributed by atoms with Gasteiger partial charge in [-0.1, -0.05) is 48.0 Å². The standard InChI is InChI=1S/C18H18ClNO/c1-3-20(17-11-7-4-8-14(17)2)18(21)13-12-15-9-5-6-10-16(15)19/h4-13H,3H2,1-2H3. The van der Waals surface area contributed by atoms with Crippen molar-refractivity contribution < 1.29 is 4.79 Å². The number of carbonyl (C=O) groups is 1. The molecule has 1 amide bonds. The van der Waals surface area contributed by atoms with Gasteiger partial charge >= 0.3 is 0 Å². The first-order valence-corrected chi connectivity index (χ1v) is 7.31. The lowest BCUT2D eigenvalue weighted by Crippen LogP contribution is -2.29. The second-order valence-electron chi connectivity index (χ2n) is 4.72. The lowest BCUT2D eigenvalue weighted by atomic mass is 10.1. The summed E-state index contributed by atoms with van der Waals surface area (Å²) in [5.74, 6) is -0.0493. The first-order chi connectivity index (χ1) is 10.1. The molecule has 2 nitrogen and oxygen atoms in total. The van der Waals surface area contributed by atoms with E-state index < -0.39 is 0 Å². The normalized spacial score (nSPS) is 10.8. The van der Waals surface area contributed by atoms with Gasteiger partial charge in [-0.05, 0) is 43.2 Å². The van der Waals surface area contributed by atoms with Crippen LogP contribution in [0.2, 0.25) is 5.02 Å². The summed E-state index contributed by atoms with van der Waals surface area (Å²) in [6.07, 6.45) is 3.32. The molecule has 0 aliphatic carbocycles. The van der Waals surface area contributed by atoms with E-state index >= 15 is 0 Å². The number of para-hydroxylation sites is 1. The molecule has 0 unspecified atom stereocenters. The van der Waals surface area contributed by atoms with Crippen molar-refractivity contribution in [1.29, 1.82) is 0 Å². The summed E-state index contributed by atoms with van der Waals surface area (Å²) in [5.41, 5.74) is 2.86. The molecule has 3 heteroatoms. The minimum atomic E-state index is -0.0493. The van der Waals surface area contributed by atoms with Crippen molar-refractivity contribution in [2.45, 2.75) is 13.8 Å². The predicted molar refractivity (Wildman–Crippen MR) is 89.7 cm³/mol. The Hall–Kier alpha value is -2.06. The number of aryl methyl sites for hydroxylation is 1. The van der Waals surface area contributed by atoms with Gasteiger partial charge in [0, 0.05) is 23.3 Å². The molecule has 0 aliphatic rings. The molecule has 2 aromatic carbocycles. The van der Waals surface area contributed by atoms with Crippen molar-refractivity contribution in [3.05, 3.63) is 70.8 Å². The fraction of sp³-hybridized carbons (Fsp3) is 0.167. The molecule has 21 heavy (non-hydrogen) atoms. The van der Waals surface area contributed by atoms with Crippen LogP contribution in [0.15, 0.2) is 54.6 Å². The van der Waals surface area contributed by atoms with Crippen LogP contribution in [0, 0.1) is 6.92 Å². The van der Waals surface area contributed by atoms with Crippen molar-refractivity contribution in [2.75, 3.05) is 11.4 Å². The molecular weight excluding hydrogens is 282 g/mol. The third kappa shape index (κ3) is 3.73. The number of rotatable bonds is 4. The number of hydrogen-bond donors (Lipinski definition) is 0. The zero-order chi connectivity index (χ0) is 15.2. The zero-order valence-corrected chi connectivity index (χ0v) is 13.0. The highest BCUT2D eigenvalue weighted by molar-refractivity contribution is 6.32. The van der Waals surface area contributed by atoms with Crippen molar-refractivity contribution in [3.63, 3.8) is 0 Å². The van der Waals surface area contributed by atoms with Crippen LogP contribution in [0.5, 0.6) is 0 Å². The molecule has 0 aliphatic heterocycles. The van der Waals surface area contributed by atoms with Crippen LogP contribution in [0.3, 0.4) is 0 Å². The maximum absolute atomic E-state index is 12.4. The molecule has 0 aromatic heterocycles. The quantitative estimate of drug-likeness (QED) is 0.748. The summed E-state index contributed by atoms with van der Waals surface area (Å²) in [4.78, 5) is 14.2. The summed E-state index contributed by atoms with van der Waals surface area (Å²) in [7, 11) is 0. The van der Waals surface area contributed by atoms with Gasteiger partial charge in [-0.15, -0.1) is 0 Å². The Bertz CT molecular complexity index is 664. The molecular formula is C18H18ClNO. The summed E-state index contributed by atoms with van der Waals surface area (Å²) in [5, 5.41) is 0.639. The van der Waals surface area contributed by atoms with Gasteiger partial charge in [-0.2, -0.15) is 0 Å². The highest BCUT2D eigenvalue weighted by atomic mass is 35.5. The third-order valence-corrected chi connectivity index (χ3v) is 3.64. The number of likely N-dealkylation sites (N-methyl/N-ethyl adjacent to an activating group) is 1. The van der Waals surface area contributed by atoms with E-state index in [4.69, 9.17) is 11.6 Å². The molecule has 0 radical (unpaired) electrons. The second kappa shape index (κ2) is 7.09. The highest BCUT2D eigenvalue weighted by Crippen LogP contribution is 2.20. The van der Waals surface area contributed by atoms with Crippen LogP contribution >= 0.6 is 11.6 Å². The van der Waals surface area contributed by atoms with Gasteiger partial charge < -0.3 is 4.90 Å². The largest absolute Gasteiger partial charge is 0.309 e. The molecule has 0 fully saturated rings. The summed E-state index contributed by atoms with van der Waals surface area (Å²) >= 11 is 6.09. The number of carbonyl (C=O) groups excluding carboxylic acids is 1. The molecule has 0 N–H and O–H groups in total. The average molecular weight is 300 g/mol. The van der Waals surface area contributed by atoms with Crippen LogP contribution in [-0.2, 0) is 4.79 Å². The zero-order valence-electron chi connectivity index (χ0n) is 12.2. The second-order valence-corrected chi connectivity index (χ2v) is 5.13. The van der Waals surface area contributed by atoms with Gasteiger partial charge in [0.15, 0.2) is 0 Å². The Morgan fingerprint density at radius 1 is 1.14 bits per heavy atom. The van der Waals surface area contributed by atoms with E-state index in [1.54, 1.807) is 17.1 Å². The van der Waals surface area contributed by atoms with E-state index in [2.05, 4.69) is 0 Å². The van der Waals surface area contributed by atoms with E-state index in [0.29, 0.717) is 11.6 Å². The van der Waals surface area contributed by atoms with E-state index in [9.17, 15) is 4.79 Å². The number of nitrogens with zero attached hydrogens (tertiary/aromatic N) is 1. The van der Waals surface area contributed by atoms with Gasteiger partial charge in [0.2, 0.25) is 0 Å². The molecule has 2 rings (SSSR count). The Labute approximate surface area is 130 Å². The van der Waals surface area contributed by atoms with Crippen LogP contribution < -0.4 is 4.90 Å². The number of halogens is 1. The van der Waals surface area contributed by atoms with Crippen LogP contribution in [0.1, 0.15) is 18.1 Å². The van der Waals surface area contributed by atoms with Crippen molar-refractivity contribution in [3.8, 4) is 0 Å². The van der Waals surface area contributed by atoms with E-state index in [0.717, 1.165) is 16.8 Å². The Balaban J connectivity index is 2.22. The van der Waals surface area contributed by atoms with Gasteiger partial charge in [0.25, 0.3) is 5.91 Å². The molecule has 0 atom stereocenters. The monoisotopic (exact) mass is 299 g/mol. The lowest BCUT2D eigenvalue weighted by Gasteiger charge is -2.21. The molecule has 0 saturated carbocycles. The Morgan fingerprint density at radius 3 is 2.48 bits per heavy atom. The Kier molecular flexibility index (Phi) is 5.18. The first-order valence-electron chi connectivity index (χ1n) is 6.93. The number of benzene rings is 2. The van der Waals surface area contributed by atoms with Gasteiger partial charge in [-0.3, -0.25) is 4.79 Å². The molecule has 0 bridgehead atoms. The minimum Gasteiger partial charge on any atom is -0.309 e. The van der Waals surface area contributed by atoms with Crippen molar-refractivity contribution >= 4 is 29.3 Å². The third-order valence-electron chi connectivity index (χ3n) is 3.30. The maximum Gasteiger partial charge on any atom is 0.250 e. The molecule has 0 saturated heterocycles. The van der Waals surface area contributed by atoms with Crippen LogP contribution in [0.25, 0.3) is 6.08 Å². The fourth-order valence-electron chi connectivity index (χ4n) is 2.17. The molecule has 0 spiro atoms. The minimum absolute atomic E-state index is 0.0493. The number of anilines is 1. The number of hydrogen-bond acceptors (Lipinski definition) is 1. The maximum atomic E-state index is 12.4. The van der Waals surface area contributed by atoms with Crippen molar-refractivity contribution in [1.82, 2.24) is 0 Å². The van der Waals surface area contributed by atoms with Crippen LogP contribution in [-0.4, -0.2) is 12.5 Å². The highest BCUT2D eigenvalue weighted by Gasteiger charge is 2.12. The summed E-state index contributed by atoms with van der Waals surface area (Å²) in [6.45, 7) is 4.59. The smallest absolute Gasteiger partial charge is 0.250 e. The van der Waals surface area contributed by atoms with Gasteiger partial charge in [0.1, 0.15) is 0 Å². The Morgan fingerprint density at radius 2 is 1.81 bits per heavy atom. The number of amides is 1. The van der Waals surface area contributed by atoms with Gasteiger partial charge in [0.05, 0.1) is 0 Å². The van der Waals surface area contributed by atoms with E-state index in [1.165, 1.54) is 0 Å². The fourth-order valence-corrected chi connectivity index (χ4v) is 2.37. The van der Waals surface area contributed by atoms with E-state index in [-0.39, 0.29) is 5.91 Å². The lowest BCUT2D eigenvalue weighted by molar-refractivity contribution is -0.114. The summed E-state index contributed by atoms with van der Waals surface area (Å²) < 4.78 is 0. The summed E-state index contributed by atoms with van der Waals surface area (Å²) in [6, 6.07) is 15.3. The first kappa shape index (κ1) is 15.3. The molecule has 0 heterocycles. The SMILES string of the molecule is CCN(C(=O)C=Cc1ccccc1Cl)c1ccccc1C. The predicted octanol–water partition coefficient (Wildman–Crippen LogP) is 4.71. The van der Waals surface area contributed by atoms with Gasteiger partial charge in [-0.25, -0.2) is 0 Å². The average Bonchev–Trinajstić information content (AvgIpc) is 2.49. The molecule has 108 valence electrons. The van der Waals surface area contributed by atoms with Crippen LogP contribution in [0.4, 0.5) is 5.69 Å². The van der Waals surface area contributed by atoms with Crippen molar-refractivity contribution in [2.24, 2.45) is 0 Å². The topological polar surface area (TPSA) is 20.3 Å². The molecule has 2 aromatic rings.